The second kappa shape index (κ2) is 11.4. The molecule has 11 nitrogen and oxygen atoms in total. The van der Waals surface area contributed by atoms with Crippen molar-refractivity contribution in [1.82, 2.24) is 19.6 Å². The van der Waals surface area contributed by atoms with Gasteiger partial charge < -0.3 is 31.5 Å². The monoisotopic (exact) mass is 520 g/mol. The molecule has 6 N–H and O–H groups in total. The van der Waals surface area contributed by atoms with Crippen molar-refractivity contribution in [2.45, 2.75) is 37.8 Å². The first-order chi connectivity index (χ1) is 18.5. The fourth-order valence-corrected chi connectivity index (χ4v) is 4.37. The predicted molar refractivity (Wildman–Crippen MR) is 141 cm³/mol. The highest BCUT2D eigenvalue weighted by Crippen LogP contribution is 2.28. The van der Waals surface area contributed by atoms with Crippen LogP contribution in [0.1, 0.15) is 36.2 Å². The summed E-state index contributed by atoms with van der Waals surface area (Å²) in [6.07, 6.45) is 7.50. The van der Waals surface area contributed by atoms with Crippen LogP contribution in [0.2, 0.25) is 0 Å². The van der Waals surface area contributed by atoms with Gasteiger partial charge in [0, 0.05) is 30.0 Å². The summed E-state index contributed by atoms with van der Waals surface area (Å²) in [6, 6.07) is 10.9. The van der Waals surface area contributed by atoms with Crippen molar-refractivity contribution in [2.24, 2.45) is 5.73 Å². The minimum absolute atomic E-state index is 0.00892. The van der Waals surface area contributed by atoms with E-state index in [4.69, 9.17) is 15.6 Å². The van der Waals surface area contributed by atoms with Gasteiger partial charge in [-0.2, -0.15) is 0 Å². The van der Waals surface area contributed by atoms with Crippen molar-refractivity contribution in [3.05, 3.63) is 66.5 Å². The maximum atomic E-state index is 14.1. The Morgan fingerprint density at radius 1 is 1.13 bits per heavy atom. The Kier molecular flexibility index (Phi) is 7.61. The Balaban J connectivity index is 1.46. The van der Waals surface area contributed by atoms with Crippen molar-refractivity contribution in [3.8, 4) is 5.75 Å². The minimum atomic E-state index is -0.644. The van der Waals surface area contributed by atoms with Crippen LogP contribution in [0.25, 0.3) is 5.65 Å². The van der Waals surface area contributed by atoms with Gasteiger partial charge in [-0.1, -0.05) is 0 Å². The average Bonchev–Trinajstić information content (AvgIpc) is 3.35. The lowest BCUT2D eigenvalue weighted by atomic mass is 9.92. The zero-order valence-corrected chi connectivity index (χ0v) is 20.6. The number of carbonyl (C=O) groups excluding carboxylic acids is 1. The molecular formula is C26H29FN8O3. The maximum absolute atomic E-state index is 14.1. The largest absolute Gasteiger partial charge is 0.491 e. The average molecular weight is 521 g/mol. The molecule has 4 aromatic rings. The molecule has 0 aliphatic heterocycles. The number of carbonyl (C=O) groups is 1. The molecule has 0 spiro atoms. The first kappa shape index (κ1) is 25.4. The zero-order valence-electron chi connectivity index (χ0n) is 20.6. The molecule has 0 saturated heterocycles. The van der Waals surface area contributed by atoms with E-state index in [2.05, 4.69) is 31.0 Å². The van der Waals surface area contributed by atoms with Crippen LogP contribution in [-0.2, 0) is 0 Å². The number of nitrogens with zero attached hydrogens (tertiary/aromatic N) is 4. The molecule has 12 heteroatoms. The summed E-state index contributed by atoms with van der Waals surface area (Å²) >= 11 is 0. The van der Waals surface area contributed by atoms with Crippen LogP contribution in [0.3, 0.4) is 0 Å². The summed E-state index contributed by atoms with van der Waals surface area (Å²) in [5.74, 6) is -0.0162. The molecule has 1 saturated carbocycles. The SMILES string of the molecule is N[C@H]1CC[C@H](Nc2cc(Nc3ccc(OCCO)cc3)c3ncc(C(=O)Nc4ccncc4F)n3n2)CC1. The lowest BCUT2D eigenvalue weighted by Crippen LogP contribution is -2.33. The highest BCUT2D eigenvalue weighted by atomic mass is 19.1. The lowest BCUT2D eigenvalue weighted by Gasteiger charge is -2.27. The van der Waals surface area contributed by atoms with Crippen LogP contribution < -0.4 is 26.4 Å². The number of ether oxygens (including phenoxy) is 1. The molecule has 0 unspecified atom stereocenters. The number of rotatable bonds is 9. The standard InChI is InChI=1S/C26H29FN8O3/c27-20-14-29-10-9-21(20)33-26(37)23-15-30-25-22(31-17-5-7-19(8-6-17)38-12-11-36)13-24(34-35(23)25)32-18-3-1-16(28)2-4-18/h5-10,13-16,18,31,36H,1-4,11-12,28H2,(H,32,34)(H,29,33,37)/t16-,18-. The van der Waals surface area contributed by atoms with Gasteiger partial charge in [-0.05, 0) is 56.0 Å². The van der Waals surface area contributed by atoms with E-state index in [1.54, 1.807) is 12.1 Å². The van der Waals surface area contributed by atoms with Gasteiger partial charge in [-0.25, -0.2) is 13.9 Å². The third-order valence-corrected chi connectivity index (χ3v) is 6.34. The number of hydrogen-bond donors (Lipinski definition) is 5. The Hall–Kier alpha value is -4.29. The Morgan fingerprint density at radius 3 is 2.66 bits per heavy atom. The van der Waals surface area contributed by atoms with Gasteiger partial charge >= 0.3 is 0 Å². The van der Waals surface area contributed by atoms with Gasteiger partial charge in [0.15, 0.2) is 17.2 Å². The van der Waals surface area contributed by atoms with E-state index in [1.165, 1.54) is 23.0 Å². The van der Waals surface area contributed by atoms with Crippen LogP contribution in [0, 0.1) is 5.82 Å². The third kappa shape index (κ3) is 5.82. The normalized spacial score (nSPS) is 17.2. The number of hydrogen-bond acceptors (Lipinski definition) is 9. The van der Waals surface area contributed by atoms with Crippen LogP contribution in [0.5, 0.6) is 5.75 Å². The van der Waals surface area contributed by atoms with E-state index >= 15 is 0 Å². The molecule has 1 aromatic carbocycles. The molecule has 5 rings (SSSR count). The summed E-state index contributed by atoms with van der Waals surface area (Å²) in [7, 11) is 0. The second-order valence-electron chi connectivity index (χ2n) is 9.11. The van der Waals surface area contributed by atoms with Crippen molar-refractivity contribution in [2.75, 3.05) is 29.2 Å². The van der Waals surface area contributed by atoms with E-state index in [9.17, 15) is 9.18 Å². The smallest absolute Gasteiger partial charge is 0.276 e. The second-order valence-corrected chi connectivity index (χ2v) is 9.11. The molecule has 1 fully saturated rings. The minimum Gasteiger partial charge on any atom is -0.491 e. The summed E-state index contributed by atoms with van der Waals surface area (Å²) in [4.78, 5) is 21.2. The molecular weight excluding hydrogens is 491 g/mol. The number of benzene rings is 1. The first-order valence-corrected chi connectivity index (χ1v) is 12.4. The number of anilines is 4. The highest BCUT2D eigenvalue weighted by molar-refractivity contribution is 6.03. The van der Waals surface area contributed by atoms with E-state index in [0.29, 0.717) is 22.9 Å². The van der Waals surface area contributed by atoms with Gasteiger partial charge in [0.05, 0.1) is 30.4 Å². The van der Waals surface area contributed by atoms with Crippen molar-refractivity contribution < 1.29 is 19.0 Å². The number of aliphatic hydroxyl groups excluding tert-OH is 1. The number of pyridine rings is 1. The maximum Gasteiger partial charge on any atom is 0.276 e. The zero-order chi connectivity index (χ0) is 26.5. The molecule has 3 aromatic heterocycles. The summed E-state index contributed by atoms with van der Waals surface area (Å²) in [5, 5.41) is 23.0. The Bertz CT molecular complexity index is 1400. The Morgan fingerprint density at radius 2 is 1.92 bits per heavy atom. The molecule has 0 bridgehead atoms. The number of imidazole rings is 1. The number of aliphatic hydroxyl groups is 1. The quantitative estimate of drug-likeness (QED) is 0.224. The number of nitrogens with one attached hydrogen (secondary N) is 3. The van der Waals surface area contributed by atoms with E-state index in [-0.39, 0.29) is 36.7 Å². The van der Waals surface area contributed by atoms with E-state index in [1.807, 2.05) is 18.2 Å². The van der Waals surface area contributed by atoms with Crippen molar-refractivity contribution in [1.29, 1.82) is 0 Å². The molecule has 0 radical (unpaired) electrons. The molecule has 1 aliphatic rings. The first-order valence-electron chi connectivity index (χ1n) is 12.4. The van der Waals surface area contributed by atoms with Crippen LogP contribution in [-0.4, -0.2) is 55.9 Å². The Labute approximate surface area is 218 Å². The molecule has 1 aliphatic carbocycles. The van der Waals surface area contributed by atoms with Gasteiger partial charge in [-0.15, -0.1) is 5.10 Å². The number of aromatic nitrogens is 4. The number of halogens is 1. The van der Waals surface area contributed by atoms with E-state index in [0.717, 1.165) is 37.6 Å². The molecule has 38 heavy (non-hydrogen) atoms. The van der Waals surface area contributed by atoms with Gasteiger partial charge in [0.25, 0.3) is 5.91 Å². The van der Waals surface area contributed by atoms with Crippen LogP contribution >= 0.6 is 0 Å². The third-order valence-electron chi connectivity index (χ3n) is 6.34. The highest BCUT2D eigenvalue weighted by Gasteiger charge is 2.22. The molecule has 198 valence electrons. The number of amides is 1. The van der Waals surface area contributed by atoms with Gasteiger partial charge in [0.1, 0.15) is 18.2 Å². The predicted octanol–water partition coefficient (Wildman–Crippen LogP) is 3.31. The lowest BCUT2D eigenvalue weighted by molar-refractivity contribution is 0.102. The van der Waals surface area contributed by atoms with Gasteiger partial charge in [-0.3, -0.25) is 9.78 Å². The topological polar surface area (TPSA) is 152 Å². The fraction of sp³-hybridized carbons (Fsp3) is 0.308. The summed E-state index contributed by atoms with van der Waals surface area (Å²) < 4.78 is 21.0. The molecule has 0 atom stereocenters. The number of fused-ring (bicyclic) bond motifs is 1. The number of nitrogens with two attached hydrogens (primary N) is 1. The van der Waals surface area contributed by atoms with E-state index < -0.39 is 11.7 Å². The van der Waals surface area contributed by atoms with Crippen molar-refractivity contribution >= 4 is 34.4 Å². The van der Waals surface area contributed by atoms with Crippen LogP contribution in [0.4, 0.5) is 27.3 Å². The summed E-state index contributed by atoms with van der Waals surface area (Å²) in [6.45, 7) is 0.141. The summed E-state index contributed by atoms with van der Waals surface area (Å²) in [5.41, 5.74) is 8.01. The van der Waals surface area contributed by atoms with Gasteiger partial charge in [0.2, 0.25) is 0 Å². The van der Waals surface area contributed by atoms with Crippen molar-refractivity contribution in [3.63, 3.8) is 0 Å². The fourth-order valence-electron chi connectivity index (χ4n) is 4.37. The molecule has 3 heterocycles. The van der Waals surface area contributed by atoms with Crippen LogP contribution in [0.15, 0.2) is 55.0 Å². The molecule has 1 amide bonds.